The molecule has 0 heterocycles. The van der Waals surface area contributed by atoms with Crippen molar-refractivity contribution in [2.24, 2.45) is 0 Å². The van der Waals surface area contributed by atoms with Crippen LogP contribution in [0.15, 0.2) is 0 Å². The van der Waals surface area contributed by atoms with Crippen molar-refractivity contribution >= 4 is 0 Å². The lowest BCUT2D eigenvalue weighted by molar-refractivity contribution is 0.00973. The van der Waals surface area contributed by atoms with Gasteiger partial charge in [-0.05, 0) is 98.2 Å². The smallest absolute Gasteiger partial charge is 0.123 e. The molecule has 0 amide bonds. The predicted molar refractivity (Wildman–Crippen MR) is 208 cm³/mol. The average Bonchev–Trinajstić information content (AvgIpc) is 3.04. The van der Waals surface area contributed by atoms with E-state index < -0.39 is 0 Å². The summed E-state index contributed by atoms with van der Waals surface area (Å²) in [4.78, 5) is 0. The van der Waals surface area contributed by atoms with Crippen LogP contribution in [-0.2, 0) is 0 Å². The second-order valence-corrected chi connectivity index (χ2v) is 15.8. The molecular weight excluding hydrogens is 578 g/mol. The summed E-state index contributed by atoms with van der Waals surface area (Å²) >= 11 is 0. The second kappa shape index (κ2) is 29.5. The molecule has 7 nitrogen and oxygen atoms in total. The zero-order valence-corrected chi connectivity index (χ0v) is 33.1. The van der Waals surface area contributed by atoms with Gasteiger partial charge in [-0.25, -0.2) is 10.9 Å². The lowest BCUT2D eigenvalue weighted by atomic mass is 9.96. The molecule has 1 aliphatic rings. The zero-order chi connectivity index (χ0) is 34.5. The van der Waals surface area contributed by atoms with E-state index in [1.807, 2.05) is 0 Å². The van der Waals surface area contributed by atoms with E-state index in [0.717, 1.165) is 32.6 Å². The molecule has 7 heteroatoms. The van der Waals surface area contributed by atoms with Crippen LogP contribution in [0.1, 0.15) is 209 Å². The van der Waals surface area contributed by atoms with Crippen molar-refractivity contribution in [2.45, 2.75) is 233 Å². The maximum Gasteiger partial charge on any atom is 0.123 e. The third-order valence-corrected chi connectivity index (χ3v) is 9.74. The maximum absolute atomic E-state index is 4.01. The summed E-state index contributed by atoms with van der Waals surface area (Å²) in [6.45, 7) is 20.4. The number of hydrazine groups is 2. The van der Waals surface area contributed by atoms with Gasteiger partial charge in [0.15, 0.2) is 0 Å². The Labute approximate surface area is 295 Å². The third-order valence-electron chi connectivity index (χ3n) is 9.74. The van der Waals surface area contributed by atoms with Gasteiger partial charge < -0.3 is 0 Å². The summed E-state index contributed by atoms with van der Waals surface area (Å²) in [6.07, 6.45) is 32.6. The lowest BCUT2D eigenvalue weighted by Crippen LogP contribution is -2.70. The van der Waals surface area contributed by atoms with Crippen LogP contribution >= 0.6 is 0 Å². The molecule has 0 radical (unpaired) electrons. The minimum atomic E-state index is -0.190. The van der Waals surface area contributed by atoms with Gasteiger partial charge in [0, 0.05) is 18.1 Å². The number of nitrogens with one attached hydrogen (secondary N) is 6. The van der Waals surface area contributed by atoms with E-state index in [0.29, 0.717) is 12.2 Å². The summed E-state index contributed by atoms with van der Waals surface area (Å²) < 4.78 is 0. The van der Waals surface area contributed by atoms with Crippen LogP contribution in [-0.4, -0.2) is 54.8 Å². The van der Waals surface area contributed by atoms with E-state index in [1.165, 1.54) is 154 Å². The van der Waals surface area contributed by atoms with Gasteiger partial charge in [-0.3, -0.25) is 21.3 Å². The van der Waals surface area contributed by atoms with Crippen LogP contribution in [0.2, 0.25) is 0 Å². The summed E-state index contributed by atoms with van der Waals surface area (Å²) in [7, 11) is 0. The molecule has 0 aromatic rings. The van der Waals surface area contributed by atoms with Crippen LogP contribution < -0.4 is 32.1 Å². The number of nitrogens with zero attached hydrogens (tertiary/aromatic N) is 1. The molecule has 1 rings (SSSR count). The van der Waals surface area contributed by atoms with Crippen molar-refractivity contribution < 1.29 is 0 Å². The molecule has 0 aromatic carbocycles. The van der Waals surface area contributed by atoms with E-state index in [2.05, 4.69) is 85.7 Å². The van der Waals surface area contributed by atoms with Crippen LogP contribution in [0.5, 0.6) is 0 Å². The fourth-order valence-corrected chi connectivity index (χ4v) is 7.01. The highest BCUT2D eigenvalue weighted by molar-refractivity contribution is 4.89. The maximum atomic E-state index is 4.01. The first-order chi connectivity index (χ1) is 22.8. The molecule has 6 N–H and O–H groups in total. The highest BCUT2D eigenvalue weighted by atomic mass is 15.8. The van der Waals surface area contributed by atoms with Crippen LogP contribution in [0.25, 0.3) is 0 Å². The normalized spacial score (nSPS) is 16.6. The van der Waals surface area contributed by atoms with Gasteiger partial charge in [-0.1, -0.05) is 130 Å². The first kappa shape index (κ1) is 44.7. The van der Waals surface area contributed by atoms with Crippen LogP contribution in [0.4, 0.5) is 0 Å². The Hall–Kier alpha value is -0.280. The topological polar surface area (TPSA) is 75.4 Å². The van der Waals surface area contributed by atoms with E-state index in [4.69, 9.17) is 0 Å². The quantitative estimate of drug-likeness (QED) is 0.0237. The molecule has 0 bridgehead atoms. The monoisotopic (exact) mass is 666 g/mol. The Morgan fingerprint density at radius 2 is 1.11 bits per heavy atom. The van der Waals surface area contributed by atoms with Gasteiger partial charge in [0.25, 0.3) is 0 Å². The Kier molecular flexibility index (Phi) is 28.0. The summed E-state index contributed by atoms with van der Waals surface area (Å²) in [5, 5.41) is 18.4. The fraction of sp³-hybridized carbons (Fsp3) is 1.00. The number of hydrogen-bond acceptors (Lipinski definition) is 7. The van der Waals surface area contributed by atoms with Gasteiger partial charge in [-0.15, -0.1) is 0 Å². The molecular formula is C40H87N7. The minimum absolute atomic E-state index is 0.0450. The summed E-state index contributed by atoms with van der Waals surface area (Å²) in [5.41, 5.74) is 7.88. The van der Waals surface area contributed by atoms with Crippen LogP contribution in [0.3, 0.4) is 0 Å². The molecule has 0 saturated heterocycles. The van der Waals surface area contributed by atoms with Crippen molar-refractivity contribution in [3.05, 3.63) is 0 Å². The molecule has 282 valence electrons. The van der Waals surface area contributed by atoms with Gasteiger partial charge in [0.05, 0.1) is 6.17 Å². The molecule has 0 spiro atoms. The lowest BCUT2D eigenvalue weighted by Gasteiger charge is -2.42. The number of rotatable bonds is 33. The largest absolute Gasteiger partial charge is 0.299 e. The summed E-state index contributed by atoms with van der Waals surface area (Å²) in [5.74, 6) is -0.190. The van der Waals surface area contributed by atoms with Gasteiger partial charge in [0.1, 0.15) is 5.79 Å². The standard InChI is InChI=1S/C40H87N7/c1-8-12-16-20-28-36-44-47(45-37-29-22-21-23-30-37)38(41-33-15-11-4)31-24-18-19-25-32-40(46-39(5,6)7,42-34-26-14-10-3)43-35-27-17-13-9-2/h37-38,41-46H,8-36H2,1-7H3. The predicted octanol–water partition coefficient (Wildman–Crippen LogP) is 9.65. The Morgan fingerprint density at radius 1 is 0.574 bits per heavy atom. The molecule has 1 saturated carbocycles. The van der Waals surface area contributed by atoms with Crippen molar-refractivity contribution in [3.63, 3.8) is 0 Å². The van der Waals surface area contributed by atoms with E-state index >= 15 is 0 Å². The number of unbranched alkanes of at least 4 members (excludes halogenated alkanes) is 13. The van der Waals surface area contributed by atoms with Crippen molar-refractivity contribution in [2.75, 3.05) is 26.2 Å². The number of hydrogen-bond donors (Lipinski definition) is 6. The molecule has 47 heavy (non-hydrogen) atoms. The van der Waals surface area contributed by atoms with E-state index in [-0.39, 0.29) is 11.3 Å². The second-order valence-electron chi connectivity index (χ2n) is 15.8. The molecule has 1 aliphatic carbocycles. The van der Waals surface area contributed by atoms with Crippen molar-refractivity contribution in [1.29, 1.82) is 0 Å². The van der Waals surface area contributed by atoms with Gasteiger partial charge in [0.2, 0.25) is 0 Å². The Balaban J connectivity index is 2.79. The SMILES string of the molecule is CCCCCCCNN(NC1CCCCC1)C(CCCCCCC(NCCCCC)(NCCCCCC)NC(C)(C)C)NCCCC. The first-order valence-electron chi connectivity index (χ1n) is 21.1. The zero-order valence-electron chi connectivity index (χ0n) is 33.1. The molecule has 2 atom stereocenters. The highest BCUT2D eigenvalue weighted by Gasteiger charge is 2.32. The molecule has 1 fully saturated rings. The van der Waals surface area contributed by atoms with Gasteiger partial charge >= 0.3 is 0 Å². The molecule has 0 aromatic heterocycles. The summed E-state index contributed by atoms with van der Waals surface area (Å²) in [6, 6.07) is 0.606. The average molecular weight is 666 g/mol. The fourth-order valence-electron chi connectivity index (χ4n) is 7.01. The van der Waals surface area contributed by atoms with E-state index in [1.54, 1.807) is 0 Å². The Morgan fingerprint density at radius 3 is 1.74 bits per heavy atom. The van der Waals surface area contributed by atoms with Crippen molar-refractivity contribution in [1.82, 2.24) is 37.2 Å². The Bertz CT molecular complexity index is 663. The third kappa shape index (κ3) is 24.5. The molecule has 0 aliphatic heterocycles. The minimum Gasteiger partial charge on any atom is -0.299 e. The highest BCUT2D eigenvalue weighted by Crippen LogP contribution is 2.20. The van der Waals surface area contributed by atoms with Crippen LogP contribution in [0, 0.1) is 0 Å². The first-order valence-corrected chi connectivity index (χ1v) is 21.1. The van der Waals surface area contributed by atoms with Gasteiger partial charge in [-0.2, -0.15) is 5.12 Å². The van der Waals surface area contributed by atoms with Crippen molar-refractivity contribution in [3.8, 4) is 0 Å². The molecule has 2 unspecified atom stereocenters. The van der Waals surface area contributed by atoms with E-state index in [9.17, 15) is 0 Å².